The van der Waals surface area contributed by atoms with Gasteiger partial charge in [-0.25, -0.2) is 17.7 Å². The van der Waals surface area contributed by atoms with Gasteiger partial charge in [-0.15, -0.1) is 0 Å². The molecule has 1 saturated heterocycles. The predicted molar refractivity (Wildman–Crippen MR) is 80.8 cm³/mol. The quantitative estimate of drug-likeness (QED) is 0.785. The molecule has 2 rings (SSSR count). The van der Waals surface area contributed by atoms with Crippen LogP contribution in [0.4, 0.5) is 5.82 Å². The maximum atomic E-state index is 12.0. The van der Waals surface area contributed by atoms with Crippen molar-refractivity contribution in [3.63, 3.8) is 0 Å². The van der Waals surface area contributed by atoms with Gasteiger partial charge in [0.05, 0.1) is 6.61 Å². The minimum Gasteiger partial charge on any atom is -0.395 e. The third-order valence-corrected chi connectivity index (χ3v) is 5.41. The summed E-state index contributed by atoms with van der Waals surface area (Å²) >= 11 is 0. The fourth-order valence-corrected chi connectivity index (χ4v) is 3.11. The van der Waals surface area contributed by atoms with Gasteiger partial charge in [-0.3, -0.25) is 4.90 Å². The lowest BCUT2D eigenvalue weighted by Crippen LogP contribution is -2.47. The minimum absolute atomic E-state index is 0.176. The van der Waals surface area contributed by atoms with Crippen molar-refractivity contribution in [1.29, 1.82) is 0 Å². The zero-order chi connectivity index (χ0) is 15.5. The van der Waals surface area contributed by atoms with Crippen LogP contribution in [0.5, 0.6) is 0 Å². The summed E-state index contributed by atoms with van der Waals surface area (Å²) in [5.74, 6) is 0.788. The molecule has 1 N–H and O–H groups in total. The van der Waals surface area contributed by atoms with E-state index in [1.807, 2.05) is 0 Å². The number of hydrogen-bond acceptors (Lipinski definition) is 6. The number of rotatable bonds is 5. The molecular weight excluding hydrogens is 292 g/mol. The summed E-state index contributed by atoms with van der Waals surface area (Å²) in [6, 6.07) is 3.34. The van der Waals surface area contributed by atoms with Crippen LogP contribution in [0.15, 0.2) is 23.2 Å². The Morgan fingerprint density at radius 3 is 2.38 bits per heavy atom. The normalized spacial score (nSPS) is 17.4. The third-order valence-electron chi connectivity index (χ3n) is 3.61. The Labute approximate surface area is 125 Å². The van der Waals surface area contributed by atoms with E-state index in [0.717, 1.165) is 32.0 Å². The van der Waals surface area contributed by atoms with Gasteiger partial charge in [0.25, 0.3) is 0 Å². The maximum absolute atomic E-state index is 12.0. The average Bonchev–Trinajstić information content (AvgIpc) is 2.48. The number of aromatic nitrogens is 1. The molecule has 1 fully saturated rings. The molecule has 0 aromatic carbocycles. The number of aliphatic hydroxyl groups excluding tert-OH is 1. The van der Waals surface area contributed by atoms with E-state index < -0.39 is 10.0 Å². The number of pyridine rings is 1. The first kappa shape index (κ1) is 16.2. The van der Waals surface area contributed by atoms with Crippen LogP contribution < -0.4 is 4.90 Å². The molecule has 0 spiro atoms. The van der Waals surface area contributed by atoms with Gasteiger partial charge in [-0.05, 0) is 12.1 Å². The highest BCUT2D eigenvalue weighted by atomic mass is 32.2. The highest BCUT2D eigenvalue weighted by Crippen LogP contribution is 2.17. The number of sulfonamides is 1. The molecule has 1 aromatic heterocycles. The largest absolute Gasteiger partial charge is 0.395 e. The first-order valence-corrected chi connectivity index (χ1v) is 8.36. The molecule has 118 valence electrons. The highest BCUT2D eigenvalue weighted by Gasteiger charge is 2.20. The molecule has 0 radical (unpaired) electrons. The van der Waals surface area contributed by atoms with Gasteiger partial charge in [0.2, 0.25) is 10.0 Å². The van der Waals surface area contributed by atoms with Gasteiger partial charge in [0.15, 0.2) is 0 Å². The van der Waals surface area contributed by atoms with Gasteiger partial charge < -0.3 is 10.0 Å². The molecular formula is C13H22N4O3S. The second-order valence-electron chi connectivity index (χ2n) is 5.19. The van der Waals surface area contributed by atoms with E-state index in [4.69, 9.17) is 5.11 Å². The van der Waals surface area contributed by atoms with Crippen LogP contribution in [0.2, 0.25) is 0 Å². The maximum Gasteiger partial charge on any atom is 0.244 e. The van der Waals surface area contributed by atoms with E-state index in [1.54, 1.807) is 12.1 Å². The summed E-state index contributed by atoms with van der Waals surface area (Å²) in [7, 11) is -0.417. The number of piperazine rings is 1. The highest BCUT2D eigenvalue weighted by molar-refractivity contribution is 7.89. The summed E-state index contributed by atoms with van der Waals surface area (Å²) in [6.07, 6.45) is 1.41. The molecule has 7 nitrogen and oxygen atoms in total. The topological polar surface area (TPSA) is 77.0 Å². The Morgan fingerprint density at radius 2 is 1.90 bits per heavy atom. The zero-order valence-electron chi connectivity index (χ0n) is 12.4. The Kier molecular flexibility index (Phi) is 5.15. The number of nitrogens with zero attached hydrogens (tertiary/aromatic N) is 4. The molecule has 1 aliphatic rings. The van der Waals surface area contributed by atoms with Crippen molar-refractivity contribution >= 4 is 15.8 Å². The molecule has 21 heavy (non-hydrogen) atoms. The molecule has 0 unspecified atom stereocenters. The number of β-amino-alcohol motifs (C(OH)–C–C–N with tert-alkyl or cyclic N) is 1. The van der Waals surface area contributed by atoms with Crippen molar-refractivity contribution in [2.45, 2.75) is 4.90 Å². The molecule has 1 aliphatic heterocycles. The second kappa shape index (κ2) is 6.69. The Bertz CT molecular complexity index is 551. The van der Waals surface area contributed by atoms with E-state index >= 15 is 0 Å². The molecule has 8 heteroatoms. The molecule has 1 aromatic rings. The number of aliphatic hydroxyl groups is 1. The summed E-state index contributed by atoms with van der Waals surface area (Å²) in [5.41, 5.74) is 0. The van der Waals surface area contributed by atoms with Gasteiger partial charge >= 0.3 is 0 Å². The first-order valence-electron chi connectivity index (χ1n) is 6.92. The van der Waals surface area contributed by atoms with Crippen LogP contribution >= 0.6 is 0 Å². The second-order valence-corrected chi connectivity index (χ2v) is 7.34. The molecule has 0 atom stereocenters. The minimum atomic E-state index is -3.42. The lowest BCUT2D eigenvalue weighted by atomic mass is 10.3. The van der Waals surface area contributed by atoms with Crippen molar-refractivity contribution in [2.75, 3.05) is 58.3 Å². The summed E-state index contributed by atoms with van der Waals surface area (Å²) in [4.78, 5) is 8.80. The summed E-state index contributed by atoms with van der Waals surface area (Å²) < 4.78 is 25.1. The number of anilines is 1. The SMILES string of the molecule is CN(C)S(=O)(=O)c1ccc(N2CCN(CCO)CC2)nc1. The van der Waals surface area contributed by atoms with Crippen LogP contribution in [0, 0.1) is 0 Å². The van der Waals surface area contributed by atoms with Gasteiger partial charge in [-0.1, -0.05) is 0 Å². The van der Waals surface area contributed by atoms with E-state index in [-0.39, 0.29) is 11.5 Å². The fraction of sp³-hybridized carbons (Fsp3) is 0.615. The lowest BCUT2D eigenvalue weighted by molar-refractivity contribution is 0.188. The molecule has 0 bridgehead atoms. The van der Waals surface area contributed by atoms with Crippen molar-refractivity contribution in [1.82, 2.24) is 14.2 Å². The monoisotopic (exact) mass is 314 g/mol. The van der Waals surface area contributed by atoms with E-state index in [0.29, 0.717) is 6.54 Å². The Hall–Kier alpha value is -1.22. The Balaban J connectivity index is 2.04. The van der Waals surface area contributed by atoms with Gasteiger partial charge in [0, 0.05) is 53.0 Å². The first-order chi connectivity index (χ1) is 9.95. The predicted octanol–water partition coefficient (Wildman–Crippen LogP) is -0.554. The smallest absolute Gasteiger partial charge is 0.244 e. The third kappa shape index (κ3) is 3.70. The summed E-state index contributed by atoms with van der Waals surface area (Å²) in [5, 5.41) is 8.92. The molecule has 0 amide bonds. The standard InChI is InChI=1S/C13H22N4O3S/c1-15(2)21(19,20)12-3-4-13(14-11-12)17-7-5-16(6-8-17)9-10-18/h3-4,11,18H,5-10H2,1-2H3. The zero-order valence-corrected chi connectivity index (χ0v) is 13.3. The van der Waals surface area contributed by atoms with Crippen LogP contribution in [0.25, 0.3) is 0 Å². The molecule has 2 heterocycles. The van der Waals surface area contributed by atoms with Gasteiger partial charge in [0.1, 0.15) is 10.7 Å². The van der Waals surface area contributed by atoms with Crippen molar-refractivity contribution < 1.29 is 13.5 Å². The molecule has 0 aliphatic carbocycles. The van der Waals surface area contributed by atoms with Crippen LogP contribution in [-0.2, 0) is 10.0 Å². The van der Waals surface area contributed by atoms with E-state index in [9.17, 15) is 8.42 Å². The van der Waals surface area contributed by atoms with Crippen molar-refractivity contribution in [2.24, 2.45) is 0 Å². The van der Waals surface area contributed by atoms with Gasteiger partial charge in [-0.2, -0.15) is 0 Å². The average molecular weight is 314 g/mol. The Morgan fingerprint density at radius 1 is 1.24 bits per heavy atom. The molecule has 0 saturated carbocycles. The fourth-order valence-electron chi connectivity index (χ4n) is 2.26. The van der Waals surface area contributed by atoms with Crippen LogP contribution in [-0.4, -0.2) is 81.1 Å². The van der Waals surface area contributed by atoms with Crippen LogP contribution in [0.3, 0.4) is 0 Å². The summed E-state index contributed by atoms with van der Waals surface area (Å²) in [6.45, 7) is 4.27. The number of hydrogen-bond donors (Lipinski definition) is 1. The van der Waals surface area contributed by atoms with E-state index in [1.165, 1.54) is 24.6 Å². The van der Waals surface area contributed by atoms with Crippen molar-refractivity contribution in [3.05, 3.63) is 18.3 Å². The van der Waals surface area contributed by atoms with E-state index in [2.05, 4.69) is 14.8 Å². The lowest BCUT2D eigenvalue weighted by Gasteiger charge is -2.35. The van der Waals surface area contributed by atoms with Crippen molar-refractivity contribution in [3.8, 4) is 0 Å². The van der Waals surface area contributed by atoms with Crippen LogP contribution in [0.1, 0.15) is 0 Å².